The number of sulfonamides is 2. The van der Waals surface area contributed by atoms with E-state index >= 15 is 0 Å². The van der Waals surface area contributed by atoms with Gasteiger partial charge in [0.15, 0.2) is 0 Å². The number of fused-ring (bicyclic) bond motifs is 1. The molecular formula is C23H20N2O7S2. The summed E-state index contributed by atoms with van der Waals surface area (Å²) >= 11 is 0. The van der Waals surface area contributed by atoms with E-state index in [2.05, 4.69) is 9.44 Å². The van der Waals surface area contributed by atoms with E-state index in [1.807, 2.05) is 6.92 Å². The minimum Gasteiger partial charge on any atom is -0.495 e. The highest BCUT2D eigenvalue weighted by molar-refractivity contribution is 7.93. The van der Waals surface area contributed by atoms with E-state index in [-0.39, 0.29) is 26.8 Å². The van der Waals surface area contributed by atoms with Gasteiger partial charge in [0, 0.05) is 17.1 Å². The van der Waals surface area contributed by atoms with Crippen LogP contribution in [0.4, 0.5) is 11.4 Å². The van der Waals surface area contributed by atoms with Crippen LogP contribution in [-0.2, 0) is 20.0 Å². The molecule has 0 saturated heterocycles. The lowest BCUT2D eigenvalue weighted by Gasteiger charge is -2.14. The van der Waals surface area contributed by atoms with Gasteiger partial charge in [0.1, 0.15) is 16.2 Å². The van der Waals surface area contributed by atoms with E-state index in [4.69, 9.17) is 9.15 Å². The van der Waals surface area contributed by atoms with Crippen LogP contribution < -0.4 is 19.8 Å². The summed E-state index contributed by atoms with van der Waals surface area (Å²) in [4.78, 5) is 11.0. The van der Waals surface area contributed by atoms with Gasteiger partial charge in [-0.15, -0.1) is 0 Å². The molecular weight excluding hydrogens is 480 g/mol. The van der Waals surface area contributed by atoms with Gasteiger partial charge in [-0.25, -0.2) is 21.6 Å². The molecule has 176 valence electrons. The van der Waals surface area contributed by atoms with Crippen LogP contribution >= 0.6 is 0 Å². The molecule has 0 fully saturated rings. The van der Waals surface area contributed by atoms with Crippen molar-refractivity contribution in [2.75, 3.05) is 16.6 Å². The third kappa shape index (κ3) is 4.90. The first-order valence-corrected chi connectivity index (χ1v) is 12.9. The summed E-state index contributed by atoms with van der Waals surface area (Å²) in [6.07, 6.45) is 0. The lowest BCUT2D eigenvalue weighted by Crippen LogP contribution is -2.16. The van der Waals surface area contributed by atoms with Crippen LogP contribution in [-0.4, -0.2) is 23.9 Å². The van der Waals surface area contributed by atoms with Gasteiger partial charge in [-0.1, -0.05) is 17.7 Å². The number of hydrogen-bond donors (Lipinski definition) is 2. The molecule has 0 aliphatic rings. The zero-order valence-electron chi connectivity index (χ0n) is 18.1. The summed E-state index contributed by atoms with van der Waals surface area (Å²) in [7, 11) is -6.87. The second-order valence-corrected chi connectivity index (χ2v) is 10.7. The number of anilines is 2. The molecule has 4 rings (SSSR count). The molecule has 0 atom stereocenters. The van der Waals surface area contributed by atoms with Gasteiger partial charge >= 0.3 is 5.63 Å². The molecule has 1 heterocycles. The van der Waals surface area contributed by atoms with Crippen LogP contribution in [0, 0.1) is 6.92 Å². The van der Waals surface area contributed by atoms with Crippen molar-refractivity contribution < 1.29 is 26.0 Å². The van der Waals surface area contributed by atoms with E-state index in [0.717, 1.165) is 5.56 Å². The SMILES string of the molecule is COc1ccc(NS(=O)(=O)c2ccc3oc(=O)ccc3c2)cc1S(=O)(=O)Nc1ccc(C)cc1. The molecule has 0 aliphatic carbocycles. The van der Waals surface area contributed by atoms with Gasteiger partial charge in [0.25, 0.3) is 20.0 Å². The average Bonchev–Trinajstić information content (AvgIpc) is 2.79. The maximum absolute atomic E-state index is 13.0. The van der Waals surface area contributed by atoms with Crippen LogP contribution in [0.25, 0.3) is 11.0 Å². The molecule has 4 aromatic rings. The second kappa shape index (κ2) is 8.84. The summed E-state index contributed by atoms with van der Waals surface area (Å²) < 4.78 is 67.0. The molecule has 0 radical (unpaired) electrons. The van der Waals surface area contributed by atoms with Crippen molar-refractivity contribution >= 4 is 42.4 Å². The van der Waals surface area contributed by atoms with Gasteiger partial charge in [0.05, 0.1) is 17.7 Å². The Morgan fingerprint density at radius 3 is 2.15 bits per heavy atom. The van der Waals surface area contributed by atoms with E-state index in [9.17, 15) is 21.6 Å². The number of benzene rings is 3. The Hall–Kier alpha value is -3.83. The highest BCUT2D eigenvalue weighted by Crippen LogP contribution is 2.30. The smallest absolute Gasteiger partial charge is 0.336 e. The fourth-order valence-corrected chi connectivity index (χ4v) is 5.55. The maximum atomic E-state index is 13.0. The Labute approximate surface area is 196 Å². The standard InChI is InChI=1S/C23H20N2O7S2/c1-15-3-6-17(7-4-15)24-34(29,30)22-14-18(8-10-21(22)31-2)25-33(27,28)19-9-11-20-16(13-19)5-12-23(26)32-20/h3-14,24-25H,1-2H3. The van der Waals surface area contributed by atoms with Crippen molar-refractivity contribution in [2.24, 2.45) is 0 Å². The molecule has 11 heteroatoms. The number of aryl methyl sites for hydroxylation is 1. The number of rotatable bonds is 7. The highest BCUT2D eigenvalue weighted by Gasteiger charge is 2.22. The van der Waals surface area contributed by atoms with Crippen LogP contribution in [0.2, 0.25) is 0 Å². The van der Waals surface area contributed by atoms with Gasteiger partial charge in [-0.05, 0) is 61.5 Å². The molecule has 0 spiro atoms. The Balaban J connectivity index is 1.67. The summed E-state index contributed by atoms with van der Waals surface area (Å²) in [6.45, 7) is 1.88. The highest BCUT2D eigenvalue weighted by atomic mass is 32.2. The Bertz CT molecular complexity index is 1640. The van der Waals surface area contributed by atoms with Gasteiger partial charge in [-0.3, -0.25) is 9.44 Å². The zero-order valence-corrected chi connectivity index (χ0v) is 19.7. The molecule has 3 aromatic carbocycles. The zero-order chi connectivity index (χ0) is 24.5. The first-order chi connectivity index (χ1) is 16.1. The predicted octanol–water partition coefficient (Wildman–Crippen LogP) is 3.71. The van der Waals surface area contributed by atoms with Gasteiger partial charge in [0.2, 0.25) is 0 Å². The fraction of sp³-hybridized carbons (Fsp3) is 0.0870. The fourth-order valence-electron chi connectivity index (χ4n) is 3.21. The Morgan fingerprint density at radius 2 is 1.44 bits per heavy atom. The third-order valence-electron chi connectivity index (χ3n) is 4.91. The first-order valence-electron chi connectivity index (χ1n) is 9.92. The largest absolute Gasteiger partial charge is 0.495 e. The third-order valence-corrected chi connectivity index (χ3v) is 7.69. The first kappa shape index (κ1) is 23.3. The predicted molar refractivity (Wildman–Crippen MR) is 128 cm³/mol. The molecule has 0 aliphatic heterocycles. The van der Waals surface area contributed by atoms with Gasteiger partial charge in [-0.2, -0.15) is 0 Å². The molecule has 2 N–H and O–H groups in total. The summed E-state index contributed by atoms with van der Waals surface area (Å²) in [5.74, 6) is 0.0447. The van der Waals surface area contributed by atoms with Crippen molar-refractivity contribution in [2.45, 2.75) is 16.7 Å². The second-order valence-electron chi connectivity index (χ2n) is 7.40. The lowest BCUT2D eigenvalue weighted by atomic mass is 10.2. The molecule has 0 unspecified atom stereocenters. The maximum Gasteiger partial charge on any atom is 0.336 e. The molecule has 0 amide bonds. The lowest BCUT2D eigenvalue weighted by molar-refractivity contribution is 0.403. The molecule has 34 heavy (non-hydrogen) atoms. The number of nitrogens with one attached hydrogen (secondary N) is 2. The van der Waals surface area contributed by atoms with Crippen LogP contribution in [0.5, 0.6) is 5.75 Å². The van der Waals surface area contributed by atoms with Crippen LogP contribution in [0.3, 0.4) is 0 Å². The normalized spacial score (nSPS) is 11.8. The minimum absolute atomic E-state index is 0.0183. The quantitative estimate of drug-likeness (QED) is 0.370. The van der Waals surface area contributed by atoms with E-state index in [0.29, 0.717) is 11.1 Å². The van der Waals surface area contributed by atoms with Crippen LogP contribution in [0.15, 0.2) is 91.8 Å². The average molecular weight is 501 g/mol. The van der Waals surface area contributed by atoms with Crippen molar-refractivity contribution in [3.63, 3.8) is 0 Å². The monoisotopic (exact) mass is 500 g/mol. The van der Waals surface area contributed by atoms with Crippen LogP contribution in [0.1, 0.15) is 5.56 Å². The summed E-state index contributed by atoms with van der Waals surface area (Å²) in [6, 6.07) is 17.3. The molecule has 0 saturated carbocycles. The van der Waals surface area contributed by atoms with Gasteiger partial charge < -0.3 is 9.15 Å². The molecule has 0 bridgehead atoms. The van der Waals surface area contributed by atoms with Crippen molar-refractivity contribution in [1.29, 1.82) is 0 Å². The number of methoxy groups -OCH3 is 1. The molecule has 1 aromatic heterocycles. The Morgan fingerprint density at radius 1 is 0.765 bits per heavy atom. The number of hydrogen-bond acceptors (Lipinski definition) is 7. The summed E-state index contributed by atoms with van der Waals surface area (Å²) in [5.41, 5.74) is 1.03. The van der Waals surface area contributed by atoms with E-state index in [1.165, 1.54) is 55.6 Å². The van der Waals surface area contributed by atoms with E-state index < -0.39 is 25.7 Å². The van der Waals surface area contributed by atoms with Crippen molar-refractivity contribution in [3.05, 3.63) is 88.8 Å². The minimum atomic E-state index is -4.10. The topological polar surface area (TPSA) is 132 Å². The Kier molecular flexibility index (Phi) is 6.07. The summed E-state index contributed by atoms with van der Waals surface area (Å²) in [5, 5.41) is 0.419. The molecule has 9 nitrogen and oxygen atoms in total. The van der Waals surface area contributed by atoms with E-state index in [1.54, 1.807) is 24.3 Å². The van der Waals surface area contributed by atoms with Crippen molar-refractivity contribution in [3.8, 4) is 5.75 Å². The van der Waals surface area contributed by atoms with Crippen molar-refractivity contribution in [1.82, 2.24) is 0 Å². The number of ether oxygens (including phenoxy) is 1.